The Morgan fingerprint density at radius 1 is 1.67 bits per heavy atom. The molecule has 1 aromatic heterocycles. The van der Waals surface area contributed by atoms with Crippen molar-refractivity contribution in [3.63, 3.8) is 0 Å². The molecule has 0 spiro atoms. The molecule has 0 aliphatic heterocycles. The molecule has 1 amide bonds. The van der Waals surface area contributed by atoms with Gasteiger partial charge in [0.1, 0.15) is 12.3 Å². The molecule has 1 unspecified atom stereocenters. The number of carbonyl (C=O) groups excluding carboxylic acids is 1. The highest BCUT2D eigenvalue weighted by molar-refractivity contribution is 5.77. The third-order valence-corrected chi connectivity index (χ3v) is 2.06. The first-order chi connectivity index (χ1) is 8.61. The van der Waals surface area contributed by atoms with Gasteiger partial charge in [-0.25, -0.2) is 0 Å². The van der Waals surface area contributed by atoms with Gasteiger partial charge in [0.15, 0.2) is 6.61 Å². The molecule has 3 N–H and O–H groups in total. The van der Waals surface area contributed by atoms with Crippen molar-refractivity contribution in [3.05, 3.63) is 24.0 Å². The van der Waals surface area contributed by atoms with Crippen molar-refractivity contribution in [2.24, 2.45) is 5.73 Å². The van der Waals surface area contributed by atoms with Gasteiger partial charge in [-0.15, -0.1) is 0 Å². The predicted molar refractivity (Wildman–Crippen MR) is 65.7 cm³/mol. The van der Waals surface area contributed by atoms with Gasteiger partial charge in [-0.1, -0.05) is 0 Å². The predicted octanol–water partition coefficient (Wildman–Crippen LogP) is -0.0101. The Labute approximate surface area is 106 Å². The molecule has 0 radical (unpaired) electrons. The Hall–Kier alpha value is -2.13. The summed E-state index contributed by atoms with van der Waals surface area (Å²) in [6.07, 6.45) is 2.25. The summed E-state index contributed by atoms with van der Waals surface area (Å²) in [6, 6.07) is 5.42. The van der Waals surface area contributed by atoms with Crippen LogP contribution in [0.2, 0.25) is 0 Å². The van der Waals surface area contributed by atoms with Gasteiger partial charge < -0.3 is 15.8 Å². The average Bonchev–Trinajstić information content (AvgIpc) is 2.35. The van der Waals surface area contributed by atoms with Crippen LogP contribution >= 0.6 is 0 Å². The summed E-state index contributed by atoms with van der Waals surface area (Å²) in [5.74, 6) is 0.173. The minimum absolute atomic E-state index is 0.0201. The lowest BCUT2D eigenvalue weighted by molar-refractivity contribution is -0.122. The van der Waals surface area contributed by atoms with Gasteiger partial charge in [0.05, 0.1) is 12.3 Å². The van der Waals surface area contributed by atoms with E-state index < -0.39 is 0 Å². The summed E-state index contributed by atoms with van der Waals surface area (Å²) in [5.41, 5.74) is 6.54. The molecular weight excluding hydrogens is 232 g/mol. The van der Waals surface area contributed by atoms with E-state index in [0.29, 0.717) is 12.2 Å². The Kier molecular flexibility index (Phi) is 5.61. The fourth-order valence-electron chi connectivity index (χ4n) is 1.28. The topological polar surface area (TPSA) is 101 Å². The molecule has 0 saturated heterocycles. The van der Waals surface area contributed by atoms with Crippen LogP contribution in [0.1, 0.15) is 12.6 Å². The lowest BCUT2D eigenvalue weighted by atomic mass is 10.2. The maximum atomic E-state index is 11.2. The maximum Gasteiger partial charge on any atom is 0.258 e. The number of hydrogen-bond donors (Lipinski definition) is 2. The first-order valence-corrected chi connectivity index (χ1v) is 5.58. The maximum absolute atomic E-state index is 11.2. The minimum atomic E-state index is -0.337. The van der Waals surface area contributed by atoms with Crippen LogP contribution < -0.4 is 15.8 Å². The highest BCUT2D eigenvalue weighted by atomic mass is 16.5. The quantitative estimate of drug-likeness (QED) is 0.689. The Balaban J connectivity index is 2.39. The van der Waals surface area contributed by atoms with Gasteiger partial charge in [0.2, 0.25) is 0 Å². The van der Waals surface area contributed by atoms with Crippen LogP contribution in [0.5, 0.6) is 5.75 Å². The highest BCUT2D eigenvalue weighted by Crippen LogP contribution is 2.09. The molecule has 0 bridgehead atoms. The summed E-state index contributed by atoms with van der Waals surface area (Å²) in [7, 11) is 0. The molecule has 1 atom stereocenters. The van der Waals surface area contributed by atoms with Crippen LogP contribution in [0, 0.1) is 11.3 Å². The third-order valence-electron chi connectivity index (χ3n) is 2.06. The van der Waals surface area contributed by atoms with Crippen LogP contribution in [0.15, 0.2) is 18.3 Å². The number of pyridine rings is 1. The fourth-order valence-corrected chi connectivity index (χ4v) is 1.28. The largest absolute Gasteiger partial charge is 0.482 e. The van der Waals surface area contributed by atoms with Crippen molar-refractivity contribution in [2.75, 3.05) is 13.2 Å². The van der Waals surface area contributed by atoms with E-state index in [1.54, 1.807) is 12.3 Å². The monoisotopic (exact) mass is 248 g/mol. The van der Waals surface area contributed by atoms with Gasteiger partial charge in [-0.2, -0.15) is 5.26 Å². The molecule has 0 saturated carbocycles. The molecule has 0 aliphatic rings. The second kappa shape index (κ2) is 7.25. The van der Waals surface area contributed by atoms with Crippen molar-refractivity contribution in [1.82, 2.24) is 10.3 Å². The van der Waals surface area contributed by atoms with Gasteiger partial charge >= 0.3 is 0 Å². The lowest BCUT2D eigenvalue weighted by Crippen LogP contribution is -2.29. The Morgan fingerprint density at radius 2 is 2.44 bits per heavy atom. The summed E-state index contributed by atoms with van der Waals surface area (Å²) < 4.78 is 5.21. The van der Waals surface area contributed by atoms with Gasteiger partial charge in [0.25, 0.3) is 5.91 Å². The number of rotatable bonds is 6. The highest BCUT2D eigenvalue weighted by Gasteiger charge is 2.03. The molecule has 18 heavy (non-hydrogen) atoms. The smallest absolute Gasteiger partial charge is 0.258 e. The second-order valence-corrected chi connectivity index (χ2v) is 3.89. The second-order valence-electron chi connectivity index (χ2n) is 3.89. The summed E-state index contributed by atoms with van der Waals surface area (Å²) in [6.45, 7) is 1.76. The molecule has 1 heterocycles. The molecule has 1 aromatic rings. The van der Waals surface area contributed by atoms with Crippen LogP contribution in [0.4, 0.5) is 0 Å². The molecule has 0 aliphatic carbocycles. The Bertz CT molecular complexity index is 423. The number of aromatic nitrogens is 1. The minimum Gasteiger partial charge on any atom is -0.482 e. The summed E-state index contributed by atoms with van der Waals surface area (Å²) >= 11 is 0. The zero-order valence-corrected chi connectivity index (χ0v) is 10.2. The van der Waals surface area contributed by atoms with Crippen molar-refractivity contribution in [2.45, 2.75) is 19.4 Å². The van der Waals surface area contributed by atoms with E-state index in [-0.39, 0.29) is 25.1 Å². The number of hydrogen-bond acceptors (Lipinski definition) is 5. The van der Waals surface area contributed by atoms with Gasteiger partial charge in [0, 0.05) is 18.2 Å². The van der Waals surface area contributed by atoms with E-state index in [1.165, 1.54) is 0 Å². The number of nitriles is 1. The van der Waals surface area contributed by atoms with E-state index in [2.05, 4.69) is 10.3 Å². The molecule has 6 nitrogen and oxygen atoms in total. The normalized spacial score (nSPS) is 11.4. The SMILES string of the molecule is CC(N)Cc1ccc(OCC(=O)NCC#N)cn1. The number of nitrogens with two attached hydrogens (primary N) is 1. The van der Waals surface area contributed by atoms with E-state index in [4.69, 9.17) is 15.7 Å². The van der Waals surface area contributed by atoms with Crippen LogP contribution in [0.3, 0.4) is 0 Å². The molecule has 6 heteroatoms. The van der Waals surface area contributed by atoms with Crippen molar-refractivity contribution < 1.29 is 9.53 Å². The van der Waals surface area contributed by atoms with Crippen molar-refractivity contribution >= 4 is 5.91 Å². The van der Waals surface area contributed by atoms with Gasteiger partial charge in [-0.05, 0) is 19.1 Å². The molecule has 96 valence electrons. The average molecular weight is 248 g/mol. The van der Waals surface area contributed by atoms with E-state index in [9.17, 15) is 4.79 Å². The van der Waals surface area contributed by atoms with Gasteiger partial charge in [-0.3, -0.25) is 9.78 Å². The lowest BCUT2D eigenvalue weighted by Gasteiger charge is -2.07. The van der Waals surface area contributed by atoms with Crippen LogP contribution in [-0.2, 0) is 11.2 Å². The standard InChI is InChI=1S/C12H16N4O2/c1-9(14)6-10-2-3-11(7-16-10)18-8-12(17)15-5-4-13/h2-3,7,9H,5-6,8,14H2,1H3,(H,15,17). The Morgan fingerprint density at radius 3 is 3.00 bits per heavy atom. The van der Waals surface area contributed by atoms with E-state index in [1.807, 2.05) is 19.1 Å². The molecule has 0 fully saturated rings. The first-order valence-electron chi connectivity index (χ1n) is 5.58. The van der Waals surface area contributed by atoms with Crippen molar-refractivity contribution in [1.29, 1.82) is 5.26 Å². The van der Waals surface area contributed by atoms with Crippen molar-refractivity contribution in [3.8, 4) is 11.8 Å². The number of nitrogens with one attached hydrogen (secondary N) is 1. The summed E-state index contributed by atoms with van der Waals surface area (Å²) in [5, 5.41) is 10.7. The first kappa shape index (κ1) is 13.9. The third kappa shape index (κ3) is 5.27. The summed E-state index contributed by atoms with van der Waals surface area (Å²) in [4.78, 5) is 15.3. The number of carbonyl (C=O) groups is 1. The number of ether oxygens (including phenoxy) is 1. The number of nitrogens with zero attached hydrogens (tertiary/aromatic N) is 2. The van der Waals surface area contributed by atoms with Crippen LogP contribution in [0.25, 0.3) is 0 Å². The van der Waals surface area contributed by atoms with E-state index >= 15 is 0 Å². The van der Waals surface area contributed by atoms with Crippen LogP contribution in [-0.4, -0.2) is 30.1 Å². The van der Waals surface area contributed by atoms with E-state index in [0.717, 1.165) is 5.69 Å². The molecule has 0 aromatic carbocycles. The zero-order chi connectivity index (χ0) is 13.4. The molecule has 1 rings (SSSR count). The fraction of sp³-hybridized carbons (Fsp3) is 0.417. The number of amides is 1. The molecular formula is C12H16N4O2. The zero-order valence-electron chi connectivity index (χ0n) is 10.2.